The summed E-state index contributed by atoms with van der Waals surface area (Å²) in [6.07, 6.45) is 4.40. The Bertz CT molecular complexity index is 620. The zero-order chi connectivity index (χ0) is 17.4. The van der Waals surface area contributed by atoms with Crippen LogP contribution in [0, 0.1) is 0 Å². The van der Waals surface area contributed by atoms with E-state index in [4.69, 9.17) is 21.1 Å². The van der Waals surface area contributed by atoms with Crippen molar-refractivity contribution in [2.24, 2.45) is 0 Å². The number of aromatic amines is 1. The second-order valence-electron chi connectivity index (χ2n) is 5.41. The molecule has 0 fully saturated rings. The van der Waals surface area contributed by atoms with Gasteiger partial charge in [0.25, 0.3) is 0 Å². The Balaban J connectivity index is 2.24. The number of H-pyrrole nitrogens is 1. The maximum Gasteiger partial charge on any atom is 0.165 e. The topological polar surface area (TPSA) is 70.6 Å². The molecular weight excluding hydrogens is 330 g/mol. The number of aromatic nitrogens is 2. The number of methoxy groups -OCH3 is 1. The molecule has 2 aromatic rings. The van der Waals surface area contributed by atoms with Crippen LogP contribution in [-0.4, -0.2) is 46.8 Å². The Labute approximate surface area is 147 Å². The molecule has 0 unspecified atom stereocenters. The van der Waals surface area contributed by atoms with Gasteiger partial charge in [-0.15, -0.1) is 0 Å². The molecule has 2 N–H and O–H groups in total. The van der Waals surface area contributed by atoms with Crippen LogP contribution in [0.15, 0.2) is 24.5 Å². The van der Waals surface area contributed by atoms with Gasteiger partial charge in [0, 0.05) is 42.1 Å². The highest BCUT2D eigenvalue weighted by Gasteiger charge is 2.16. The molecule has 132 valence electrons. The van der Waals surface area contributed by atoms with Gasteiger partial charge in [0.15, 0.2) is 11.5 Å². The average molecular weight is 354 g/mol. The van der Waals surface area contributed by atoms with E-state index in [0.29, 0.717) is 42.8 Å². The summed E-state index contributed by atoms with van der Waals surface area (Å²) in [7, 11) is 1.60. The molecular formula is C17H24ClN3O3. The summed E-state index contributed by atoms with van der Waals surface area (Å²) in [5.41, 5.74) is 0.924. The lowest BCUT2D eigenvalue weighted by Crippen LogP contribution is -2.27. The minimum Gasteiger partial charge on any atom is -0.493 e. The van der Waals surface area contributed by atoms with Crippen molar-refractivity contribution in [1.82, 2.24) is 14.9 Å². The van der Waals surface area contributed by atoms with E-state index < -0.39 is 0 Å². The number of imidazole rings is 1. The highest BCUT2D eigenvalue weighted by Crippen LogP contribution is 2.35. The van der Waals surface area contributed by atoms with Gasteiger partial charge in [-0.1, -0.05) is 18.5 Å². The fraction of sp³-hybridized carbons (Fsp3) is 0.471. The van der Waals surface area contributed by atoms with Gasteiger partial charge in [0.2, 0.25) is 0 Å². The maximum absolute atomic E-state index is 9.36. The van der Waals surface area contributed by atoms with E-state index >= 15 is 0 Å². The highest BCUT2D eigenvalue weighted by atomic mass is 35.5. The Morgan fingerprint density at radius 3 is 2.79 bits per heavy atom. The molecule has 0 amide bonds. The summed E-state index contributed by atoms with van der Waals surface area (Å²) < 4.78 is 11.3. The monoisotopic (exact) mass is 353 g/mol. The molecule has 0 radical (unpaired) electrons. The van der Waals surface area contributed by atoms with Crippen molar-refractivity contribution in [3.8, 4) is 11.5 Å². The summed E-state index contributed by atoms with van der Waals surface area (Å²) in [4.78, 5) is 9.39. The van der Waals surface area contributed by atoms with E-state index in [1.165, 1.54) is 0 Å². The van der Waals surface area contributed by atoms with Crippen molar-refractivity contribution in [3.05, 3.63) is 40.9 Å². The molecule has 0 atom stereocenters. The fourth-order valence-electron chi connectivity index (χ4n) is 2.45. The van der Waals surface area contributed by atoms with Crippen molar-refractivity contribution in [2.75, 3.05) is 26.9 Å². The molecule has 0 saturated carbocycles. The van der Waals surface area contributed by atoms with E-state index in [2.05, 4.69) is 21.8 Å². The molecule has 1 aromatic carbocycles. The lowest BCUT2D eigenvalue weighted by Gasteiger charge is -2.23. The summed E-state index contributed by atoms with van der Waals surface area (Å²) in [5.74, 6) is 2.16. The second kappa shape index (κ2) is 9.52. The summed E-state index contributed by atoms with van der Waals surface area (Å²) in [6, 6.07) is 3.63. The van der Waals surface area contributed by atoms with Gasteiger partial charge in [-0.2, -0.15) is 0 Å². The molecule has 0 aliphatic rings. The standard InChI is InChI=1S/C17H24ClN3O3/c1-3-8-24-17-13(9-14(18)10-15(17)23-2)11-21(6-7-22)12-16-19-4-5-20-16/h4-5,9-10,22H,3,6-8,11-12H2,1-2H3,(H,19,20). The second-order valence-corrected chi connectivity index (χ2v) is 5.85. The molecule has 0 aliphatic carbocycles. The smallest absolute Gasteiger partial charge is 0.165 e. The molecule has 0 bridgehead atoms. The number of hydrogen-bond donors (Lipinski definition) is 2. The molecule has 7 heteroatoms. The van der Waals surface area contributed by atoms with Gasteiger partial charge >= 0.3 is 0 Å². The van der Waals surface area contributed by atoms with Gasteiger partial charge in [0.05, 0.1) is 26.9 Å². The number of rotatable bonds is 10. The normalized spacial score (nSPS) is 11.0. The minimum atomic E-state index is 0.0591. The third-order valence-corrected chi connectivity index (χ3v) is 3.72. The quantitative estimate of drug-likeness (QED) is 0.687. The van der Waals surface area contributed by atoms with Crippen molar-refractivity contribution in [2.45, 2.75) is 26.4 Å². The Morgan fingerprint density at radius 2 is 2.17 bits per heavy atom. The van der Waals surface area contributed by atoms with Crippen molar-refractivity contribution in [1.29, 1.82) is 0 Å². The third-order valence-electron chi connectivity index (χ3n) is 3.51. The van der Waals surface area contributed by atoms with Gasteiger partial charge in [-0.05, 0) is 12.5 Å². The van der Waals surface area contributed by atoms with Gasteiger partial charge in [0.1, 0.15) is 5.82 Å². The zero-order valence-electron chi connectivity index (χ0n) is 14.1. The number of halogens is 1. The van der Waals surface area contributed by atoms with Crippen molar-refractivity contribution < 1.29 is 14.6 Å². The van der Waals surface area contributed by atoms with Gasteiger partial charge in [-0.25, -0.2) is 4.98 Å². The first-order valence-electron chi connectivity index (χ1n) is 7.98. The molecule has 0 spiro atoms. The molecule has 1 aromatic heterocycles. The van der Waals surface area contributed by atoms with Crippen molar-refractivity contribution >= 4 is 11.6 Å². The van der Waals surface area contributed by atoms with Gasteiger partial charge < -0.3 is 19.6 Å². The van der Waals surface area contributed by atoms with Crippen LogP contribution in [0.1, 0.15) is 24.7 Å². The largest absolute Gasteiger partial charge is 0.493 e. The van der Waals surface area contributed by atoms with E-state index in [0.717, 1.165) is 17.8 Å². The first kappa shape index (κ1) is 18.6. The highest BCUT2D eigenvalue weighted by molar-refractivity contribution is 6.30. The van der Waals surface area contributed by atoms with Crippen LogP contribution in [0.25, 0.3) is 0 Å². The molecule has 6 nitrogen and oxygen atoms in total. The van der Waals surface area contributed by atoms with Crippen LogP contribution < -0.4 is 9.47 Å². The van der Waals surface area contributed by atoms with Crippen LogP contribution >= 0.6 is 11.6 Å². The molecule has 0 aliphatic heterocycles. The predicted octanol–water partition coefficient (Wildman–Crippen LogP) is 2.86. The van der Waals surface area contributed by atoms with E-state index in [9.17, 15) is 5.11 Å². The van der Waals surface area contributed by atoms with Crippen molar-refractivity contribution in [3.63, 3.8) is 0 Å². The Morgan fingerprint density at radius 1 is 1.33 bits per heavy atom. The SMILES string of the molecule is CCCOc1c(CN(CCO)Cc2ncc[nH]2)cc(Cl)cc1OC. The third kappa shape index (κ3) is 5.12. The molecule has 24 heavy (non-hydrogen) atoms. The first-order chi connectivity index (χ1) is 11.7. The van der Waals surface area contributed by atoms with Crippen LogP contribution in [0.3, 0.4) is 0 Å². The van der Waals surface area contributed by atoms with E-state index in [1.807, 2.05) is 6.07 Å². The zero-order valence-corrected chi connectivity index (χ0v) is 14.8. The number of hydrogen-bond acceptors (Lipinski definition) is 5. The molecule has 2 rings (SSSR count). The number of benzene rings is 1. The average Bonchev–Trinajstić information content (AvgIpc) is 3.06. The number of ether oxygens (including phenoxy) is 2. The number of aliphatic hydroxyl groups excluding tert-OH is 1. The maximum atomic E-state index is 9.36. The first-order valence-corrected chi connectivity index (χ1v) is 8.36. The lowest BCUT2D eigenvalue weighted by atomic mass is 10.1. The summed E-state index contributed by atoms with van der Waals surface area (Å²) in [6.45, 7) is 4.39. The van der Waals surface area contributed by atoms with E-state index in [1.54, 1.807) is 25.6 Å². The Hall–Kier alpha value is -1.76. The predicted molar refractivity (Wildman–Crippen MR) is 93.6 cm³/mol. The van der Waals surface area contributed by atoms with Gasteiger partial charge in [-0.3, -0.25) is 4.90 Å². The number of nitrogens with zero attached hydrogens (tertiary/aromatic N) is 2. The summed E-state index contributed by atoms with van der Waals surface area (Å²) in [5, 5.41) is 9.95. The minimum absolute atomic E-state index is 0.0591. The molecule has 1 heterocycles. The van der Waals surface area contributed by atoms with E-state index in [-0.39, 0.29) is 6.61 Å². The molecule has 0 saturated heterocycles. The number of aliphatic hydroxyl groups is 1. The lowest BCUT2D eigenvalue weighted by molar-refractivity contribution is 0.178. The van der Waals surface area contributed by atoms with Crippen LogP contribution in [0.4, 0.5) is 0 Å². The number of nitrogens with one attached hydrogen (secondary N) is 1. The Kier molecular flexibility index (Phi) is 7.36. The van der Waals surface area contributed by atoms with Crippen LogP contribution in [0.5, 0.6) is 11.5 Å². The fourth-order valence-corrected chi connectivity index (χ4v) is 2.68. The summed E-state index contributed by atoms with van der Waals surface area (Å²) >= 11 is 6.22. The van der Waals surface area contributed by atoms with Crippen LogP contribution in [-0.2, 0) is 13.1 Å². The van der Waals surface area contributed by atoms with Crippen LogP contribution in [0.2, 0.25) is 5.02 Å².